The first-order chi connectivity index (χ1) is 15.4. The Labute approximate surface area is 193 Å². The molecule has 0 saturated carbocycles. The number of rotatable bonds is 9. The lowest BCUT2D eigenvalue weighted by Gasteiger charge is -2.25. The second kappa shape index (κ2) is 10.7. The van der Waals surface area contributed by atoms with Gasteiger partial charge >= 0.3 is 0 Å². The molecule has 0 aromatic heterocycles. The van der Waals surface area contributed by atoms with E-state index in [0.717, 1.165) is 24.2 Å². The van der Waals surface area contributed by atoms with Crippen molar-refractivity contribution in [1.29, 1.82) is 0 Å². The molecular weight excluding hydrogens is 430 g/mol. The zero-order chi connectivity index (χ0) is 23.3. The summed E-state index contributed by atoms with van der Waals surface area (Å²) in [6.07, 6.45) is 1.99. The van der Waals surface area contributed by atoms with E-state index in [-0.39, 0.29) is 24.5 Å². The van der Waals surface area contributed by atoms with Crippen LogP contribution in [0.4, 0.5) is 0 Å². The summed E-state index contributed by atoms with van der Waals surface area (Å²) in [5, 5.41) is 11.7. The van der Waals surface area contributed by atoms with Crippen LogP contribution in [0.2, 0.25) is 5.02 Å². The first kappa shape index (κ1) is 23.8. The number of carbonyl (C=O) groups is 2. The molecule has 2 aromatic carbocycles. The minimum atomic E-state index is -0.733. The quantitative estimate of drug-likeness (QED) is 0.251. The lowest BCUT2D eigenvalue weighted by molar-refractivity contribution is -0.140. The van der Waals surface area contributed by atoms with E-state index in [1.807, 2.05) is 6.92 Å². The molecule has 170 valence electrons. The summed E-state index contributed by atoms with van der Waals surface area (Å²) in [5.74, 6) is -0.879. The Morgan fingerprint density at radius 2 is 1.84 bits per heavy atom. The van der Waals surface area contributed by atoms with Gasteiger partial charge in [-0.2, -0.15) is 0 Å². The number of aliphatic hydroxyl groups is 1. The molecule has 3 rings (SSSR count). The molecule has 6 nitrogen and oxygen atoms in total. The highest BCUT2D eigenvalue weighted by Crippen LogP contribution is 2.40. The zero-order valence-corrected chi connectivity index (χ0v) is 19.3. The summed E-state index contributed by atoms with van der Waals surface area (Å²) in [5.41, 5.74) is 2.02. The van der Waals surface area contributed by atoms with Gasteiger partial charge in [0.15, 0.2) is 0 Å². The van der Waals surface area contributed by atoms with Crippen LogP contribution >= 0.6 is 11.6 Å². The maximum Gasteiger partial charge on any atom is 0.295 e. The van der Waals surface area contributed by atoms with Gasteiger partial charge in [-0.3, -0.25) is 9.59 Å². The van der Waals surface area contributed by atoms with Crippen LogP contribution in [0.15, 0.2) is 48.0 Å². The summed E-state index contributed by atoms with van der Waals surface area (Å²) in [7, 11) is 1.53. The van der Waals surface area contributed by atoms with Crippen molar-refractivity contribution in [3.8, 4) is 5.75 Å². The number of nitrogens with zero attached hydrogens (tertiary/aromatic N) is 1. The van der Waals surface area contributed by atoms with Gasteiger partial charge in [-0.1, -0.05) is 37.1 Å². The molecule has 1 saturated heterocycles. The molecule has 0 spiro atoms. The SMILES string of the molecule is CCCCOc1ccc(/C(O)=C2\C(=O)C(=O)N(CCOC)[C@@H]2c2ccc(Cl)cc2)cc1C. The Balaban J connectivity index is 2.04. The standard InChI is InChI=1S/C25H28ClNO5/c1-4-5-13-32-20-11-8-18(15-16(20)2)23(28)21-22(17-6-9-19(26)10-7-17)27(12-14-31-3)25(30)24(21)29/h6-11,15,22,28H,4-5,12-14H2,1-3H3/b23-21+/t22-/m1/s1. The fraction of sp³-hybridized carbons (Fsp3) is 0.360. The van der Waals surface area contributed by atoms with Crippen LogP contribution in [0.1, 0.15) is 42.5 Å². The molecule has 1 atom stereocenters. The average Bonchev–Trinajstić information content (AvgIpc) is 3.03. The topological polar surface area (TPSA) is 76.1 Å². The van der Waals surface area contributed by atoms with Gasteiger partial charge in [0.2, 0.25) is 0 Å². The van der Waals surface area contributed by atoms with Crippen LogP contribution in [0, 0.1) is 6.92 Å². The number of benzene rings is 2. The number of aryl methyl sites for hydroxylation is 1. The van der Waals surface area contributed by atoms with E-state index < -0.39 is 17.7 Å². The smallest absolute Gasteiger partial charge is 0.295 e. The monoisotopic (exact) mass is 457 g/mol. The minimum Gasteiger partial charge on any atom is -0.507 e. The molecule has 2 aromatic rings. The molecule has 0 bridgehead atoms. The summed E-state index contributed by atoms with van der Waals surface area (Å²) < 4.78 is 10.9. The summed E-state index contributed by atoms with van der Waals surface area (Å²) in [6, 6.07) is 11.4. The van der Waals surface area contributed by atoms with Gasteiger partial charge in [0, 0.05) is 24.2 Å². The third-order valence-electron chi connectivity index (χ3n) is 5.47. The molecule has 1 aliphatic rings. The van der Waals surface area contributed by atoms with Crippen molar-refractivity contribution in [2.75, 3.05) is 26.9 Å². The van der Waals surface area contributed by atoms with Crippen LogP contribution in [0.5, 0.6) is 5.75 Å². The van der Waals surface area contributed by atoms with E-state index in [0.29, 0.717) is 22.8 Å². The van der Waals surface area contributed by atoms with Gasteiger partial charge in [0.25, 0.3) is 11.7 Å². The van der Waals surface area contributed by atoms with Gasteiger partial charge in [-0.05, 0) is 54.8 Å². The third kappa shape index (κ3) is 4.97. The van der Waals surface area contributed by atoms with Crippen molar-refractivity contribution < 1.29 is 24.2 Å². The average molecular weight is 458 g/mol. The van der Waals surface area contributed by atoms with Crippen molar-refractivity contribution in [3.05, 3.63) is 69.8 Å². The number of ether oxygens (including phenoxy) is 2. The van der Waals surface area contributed by atoms with Gasteiger partial charge < -0.3 is 19.5 Å². The maximum absolute atomic E-state index is 13.0. The van der Waals surface area contributed by atoms with Crippen molar-refractivity contribution in [3.63, 3.8) is 0 Å². The van der Waals surface area contributed by atoms with Crippen LogP contribution in [0.25, 0.3) is 5.76 Å². The molecular formula is C25H28ClNO5. The van der Waals surface area contributed by atoms with E-state index in [1.165, 1.54) is 12.0 Å². The second-order valence-corrected chi connectivity index (χ2v) is 8.16. The fourth-order valence-electron chi connectivity index (χ4n) is 3.73. The van der Waals surface area contributed by atoms with E-state index in [9.17, 15) is 14.7 Å². The number of ketones is 1. The predicted molar refractivity (Wildman–Crippen MR) is 124 cm³/mol. The third-order valence-corrected chi connectivity index (χ3v) is 5.72. The molecule has 0 radical (unpaired) electrons. The number of carbonyl (C=O) groups excluding carboxylic acids is 2. The predicted octanol–water partition coefficient (Wildman–Crippen LogP) is 4.90. The van der Waals surface area contributed by atoms with Gasteiger partial charge in [0.05, 0.1) is 24.8 Å². The minimum absolute atomic E-state index is 0.0486. The molecule has 32 heavy (non-hydrogen) atoms. The lowest BCUT2D eigenvalue weighted by Crippen LogP contribution is -2.32. The van der Waals surface area contributed by atoms with E-state index in [2.05, 4.69) is 6.92 Å². The maximum atomic E-state index is 13.0. The second-order valence-electron chi connectivity index (χ2n) is 7.72. The zero-order valence-electron chi connectivity index (χ0n) is 18.6. The van der Waals surface area contributed by atoms with Crippen LogP contribution in [-0.2, 0) is 14.3 Å². The summed E-state index contributed by atoms with van der Waals surface area (Å²) in [6.45, 7) is 5.07. The number of unbranched alkanes of at least 4 members (excludes halogenated alkanes) is 1. The summed E-state index contributed by atoms with van der Waals surface area (Å²) in [4.78, 5) is 27.2. The normalized spacial score (nSPS) is 17.8. The largest absolute Gasteiger partial charge is 0.507 e. The van der Waals surface area contributed by atoms with Crippen molar-refractivity contribution >= 4 is 29.1 Å². The fourth-order valence-corrected chi connectivity index (χ4v) is 3.86. The van der Waals surface area contributed by atoms with Gasteiger partial charge in [-0.25, -0.2) is 0 Å². The first-order valence-electron chi connectivity index (χ1n) is 10.7. The summed E-state index contributed by atoms with van der Waals surface area (Å²) >= 11 is 6.03. The van der Waals surface area contributed by atoms with Crippen molar-refractivity contribution in [1.82, 2.24) is 4.90 Å². The van der Waals surface area contributed by atoms with Crippen LogP contribution in [0.3, 0.4) is 0 Å². The molecule has 1 N–H and O–H groups in total. The van der Waals surface area contributed by atoms with E-state index in [1.54, 1.807) is 42.5 Å². The number of aliphatic hydroxyl groups excluding tert-OH is 1. The van der Waals surface area contributed by atoms with E-state index >= 15 is 0 Å². The number of hydrogen-bond acceptors (Lipinski definition) is 5. The highest BCUT2D eigenvalue weighted by Gasteiger charge is 2.45. The number of methoxy groups -OCH3 is 1. The molecule has 7 heteroatoms. The molecule has 1 amide bonds. The first-order valence-corrected chi connectivity index (χ1v) is 11.0. The van der Waals surface area contributed by atoms with E-state index in [4.69, 9.17) is 21.1 Å². The Bertz CT molecular complexity index is 1020. The van der Waals surface area contributed by atoms with Crippen LogP contribution < -0.4 is 4.74 Å². The number of halogens is 1. The van der Waals surface area contributed by atoms with Crippen LogP contribution in [-0.4, -0.2) is 48.6 Å². The molecule has 1 heterocycles. The lowest BCUT2D eigenvalue weighted by atomic mass is 9.95. The van der Waals surface area contributed by atoms with Crippen molar-refractivity contribution in [2.45, 2.75) is 32.7 Å². The number of hydrogen-bond donors (Lipinski definition) is 1. The Morgan fingerprint density at radius 1 is 1.12 bits per heavy atom. The Kier molecular flexibility index (Phi) is 7.94. The number of Topliss-reactive ketones (excluding diaryl/α,β-unsaturated/α-hetero) is 1. The Morgan fingerprint density at radius 3 is 2.47 bits per heavy atom. The Hall–Kier alpha value is -2.83. The number of amides is 1. The number of likely N-dealkylation sites (tertiary alicyclic amines) is 1. The highest BCUT2D eigenvalue weighted by molar-refractivity contribution is 6.46. The highest BCUT2D eigenvalue weighted by atomic mass is 35.5. The molecule has 1 aliphatic heterocycles. The van der Waals surface area contributed by atoms with Crippen molar-refractivity contribution in [2.24, 2.45) is 0 Å². The van der Waals surface area contributed by atoms with Gasteiger partial charge in [-0.15, -0.1) is 0 Å². The molecule has 0 unspecified atom stereocenters. The molecule has 0 aliphatic carbocycles. The molecule has 1 fully saturated rings. The van der Waals surface area contributed by atoms with Gasteiger partial charge in [0.1, 0.15) is 11.5 Å².